The van der Waals surface area contributed by atoms with Gasteiger partial charge in [-0.1, -0.05) is 0 Å². The molecule has 2 rings (SSSR count). The van der Waals surface area contributed by atoms with Gasteiger partial charge in [0, 0.05) is 17.2 Å². The molecule has 1 atom stereocenters. The first-order valence-corrected chi connectivity index (χ1v) is 5.17. The zero-order chi connectivity index (χ0) is 10.9. The van der Waals surface area contributed by atoms with Gasteiger partial charge in [-0.05, 0) is 32.0 Å². The molecule has 1 unspecified atom stereocenters. The maximum absolute atomic E-state index is 5.39. The Morgan fingerprint density at radius 2 is 2.00 bits per heavy atom. The van der Waals surface area contributed by atoms with Crippen molar-refractivity contribution in [2.75, 3.05) is 20.8 Å². The van der Waals surface area contributed by atoms with Crippen molar-refractivity contribution >= 4 is 0 Å². The lowest BCUT2D eigenvalue weighted by molar-refractivity contribution is 0.228. The third-order valence-corrected chi connectivity index (χ3v) is 3.14. The normalized spacial score (nSPS) is 24.5. The van der Waals surface area contributed by atoms with E-state index in [1.165, 1.54) is 5.56 Å². The van der Waals surface area contributed by atoms with Crippen LogP contribution >= 0.6 is 0 Å². The molecule has 1 aliphatic rings. The number of ether oxygens (including phenoxy) is 2. The number of rotatable bonds is 3. The fourth-order valence-corrected chi connectivity index (χ4v) is 1.98. The summed E-state index contributed by atoms with van der Waals surface area (Å²) >= 11 is 0. The van der Waals surface area contributed by atoms with Crippen molar-refractivity contribution in [2.45, 2.75) is 18.9 Å². The third-order valence-electron chi connectivity index (χ3n) is 3.14. The molecule has 0 spiro atoms. The van der Waals surface area contributed by atoms with E-state index in [2.05, 4.69) is 18.3 Å². The fourth-order valence-electron chi connectivity index (χ4n) is 1.98. The number of hydrogen-bond donors (Lipinski definition) is 1. The van der Waals surface area contributed by atoms with Crippen molar-refractivity contribution in [3.05, 3.63) is 23.8 Å². The van der Waals surface area contributed by atoms with E-state index in [1.54, 1.807) is 14.2 Å². The van der Waals surface area contributed by atoms with Gasteiger partial charge in [-0.15, -0.1) is 0 Å². The van der Waals surface area contributed by atoms with E-state index in [4.69, 9.17) is 9.47 Å². The highest BCUT2D eigenvalue weighted by Gasteiger charge is 2.35. The number of benzene rings is 1. The van der Waals surface area contributed by atoms with Crippen molar-refractivity contribution in [2.24, 2.45) is 0 Å². The van der Waals surface area contributed by atoms with E-state index in [-0.39, 0.29) is 5.54 Å². The molecule has 0 aliphatic carbocycles. The van der Waals surface area contributed by atoms with Gasteiger partial charge in [0.1, 0.15) is 11.5 Å². The average Bonchev–Trinajstić information content (AvgIpc) is 2.25. The van der Waals surface area contributed by atoms with E-state index in [0.717, 1.165) is 24.5 Å². The summed E-state index contributed by atoms with van der Waals surface area (Å²) in [5.74, 6) is 1.72. The molecule has 3 heteroatoms. The second kappa shape index (κ2) is 3.74. The van der Waals surface area contributed by atoms with Crippen molar-refractivity contribution in [1.29, 1.82) is 0 Å². The molecular weight excluding hydrogens is 190 g/mol. The van der Waals surface area contributed by atoms with Gasteiger partial charge in [-0.3, -0.25) is 0 Å². The van der Waals surface area contributed by atoms with Crippen LogP contribution in [0.2, 0.25) is 0 Å². The van der Waals surface area contributed by atoms with E-state index in [1.807, 2.05) is 12.1 Å². The van der Waals surface area contributed by atoms with Crippen LogP contribution in [0.1, 0.15) is 18.9 Å². The van der Waals surface area contributed by atoms with Gasteiger partial charge < -0.3 is 14.8 Å². The average molecular weight is 207 g/mol. The second-order valence-corrected chi connectivity index (χ2v) is 4.08. The van der Waals surface area contributed by atoms with Crippen molar-refractivity contribution in [3.63, 3.8) is 0 Å². The maximum Gasteiger partial charge on any atom is 0.127 e. The summed E-state index contributed by atoms with van der Waals surface area (Å²) in [6, 6.07) is 5.98. The minimum atomic E-state index is 0.0671. The molecule has 0 amide bonds. The van der Waals surface area contributed by atoms with Gasteiger partial charge >= 0.3 is 0 Å². The summed E-state index contributed by atoms with van der Waals surface area (Å²) in [6.07, 6.45) is 1.15. The van der Waals surface area contributed by atoms with Crippen LogP contribution in [0.4, 0.5) is 0 Å². The van der Waals surface area contributed by atoms with Gasteiger partial charge in [-0.25, -0.2) is 0 Å². The van der Waals surface area contributed by atoms with Crippen LogP contribution in [0, 0.1) is 0 Å². The summed E-state index contributed by atoms with van der Waals surface area (Å²) < 4.78 is 10.6. The van der Waals surface area contributed by atoms with Crippen LogP contribution < -0.4 is 14.8 Å². The molecule has 1 aliphatic heterocycles. The molecule has 15 heavy (non-hydrogen) atoms. The lowest BCUT2D eigenvalue weighted by atomic mass is 9.82. The molecule has 0 aromatic heterocycles. The van der Waals surface area contributed by atoms with E-state index in [9.17, 15) is 0 Å². The summed E-state index contributed by atoms with van der Waals surface area (Å²) in [5.41, 5.74) is 1.27. The highest BCUT2D eigenvalue weighted by Crippen LogP contribution is 2.38. The smallest absolute Gasteiger partial charge is 0.127 e. The van der Waals surface area contributed by atoms with Gasteiger partial charge in [0.25, 0.3) is 0 Å². The molecule has 1 aromatic rings. The van der Waals surface area contributed by atoms with E-state index in [0.29, 0.717) is 0 Å². The number of methoxy groups -OCH3 is 2. The van der Waals surface area contributed by atoms with Gasteiger partial charge in [0.15, 0.2) is 0 Å². The quantitative estimate of drug-likeness (QED) is 0.821. The number of hydrogen-bond acceptors (Lipinski definition) is 3. The van der Waals surface area contributed by atoms with Gasteiger partial charge in [0.05, 0.1) is 14.2 Å². The Bertz CT molecular complexity index is 359. The predicted octanol–water partition coefficient (Wildman–Crippen LogP) is 1.91. The molecule has 1 N–H and O–H groups in total. The van der Waals surface area contributed by atoms with Crippen molar-refractivity contribution < 1.29 is 9.47 Å². The summed E-state index contributed by atoms with van der Waals surface area (Å²) in [4.78, 5) is 0. The molecule has 0 saturated carbocycles. The van der Waals surface area contributed by atoms with Crippen LogP contribution in [0.5, 0.6) is 11.5 Å². The Kier molecular flexibility index (Phi) is 2.57. The molecule has 3 nitrogen and oxygen atoms in total. The van der Waals surface area contributed by atoms with Crippen molar-refractivity contribution in [1.82, 2.24) is 5.32 Å². The first kappa shape index (κ1) is 10.3. The van der Waals surface area contributed by atoms with Crippen molar-refractivity contribution in [3.8, 4) is 11.5 Å². The Morgan fingerprint density at radius 3 is 2.47 bits per heavy atom. The molecule has 1 fully saturated rings. The monoisotopic (exact) mass is 207 g/mol. The summed E-state index contributed by atoms with van der Waals surface area (Å²) in [6.45, 7) is 3.27. The van der Waals surface area contributed by atoms with Crippen LogP contribution in [0.3, 0.4) is 0 Å². The van der Waals surface area contributed by atoms with Crippen LogP contribution in [0.15, 0.2) is 18.2 Å². The van der Waals surface area contributed by atoms with Crippen LogP contribution in [-0.2, 0) is 5.54 Å². The Labute approximate surface area is 90.4 Å². The Hall–Kier alpha value is -1.22. The predicted molar refractivity (Wildman–Crippen MR) is 59.5 cm³/mol. The zero-order valence-corrected chi connectivity index (χ0v) is 9.46. The van der Waals surface area contributed by atoms with Gasteiger partial charge in [0.2, 0.25) is 0 Å². The molecule has 0 radical (unpaired) electrons. The lowest BCUT2D eigenvalue weighted by Gasteiger charge is -2.41. The van der Waals surface area contributed by atoms with Crippen LogP contribution in [-0.4, -0.2) is 20.8 Å². The highest BCUT2D eigenvalue weighted by atomic mass is 16.5. The Morgan fingerprint density at radius 1 is 1.27 bits per heavy atom. The Balaban J connectivity index is 2.38. The highest BCUT2D eigenvalue weighted by molar-refractivity contribution is 5.45. The minimum Gasteiger partial charge on any atom is -0.497 e. The molecular formula is C12H17NO2. The van der Waals surface area contributed by atoms with Gasteiger partial charge in [-0.2, -0.15) is 0 Å². The molecule has 82 valence electrons. The largest absolute Gasteiger partial charge is 0.497 e. The molecule has 1 aromatic carbocycles. The molecule has 1 heterocycles. The summed E-state index contributed by atoms with van der Waals surface area (Å²) in [7, 11) is 3.36. The molecule has 0 bridgehead atoms. The van der Waals surface area contributed by atoms with E-state index < -0.39 is 0 Å². The first-order valence-electron chi connectivity index (χ1n) is 5.17. The van der Waals surface area contributed by atoms with E-state index >= 15 is 0 Å². The fraction of sp³-hybridized carbons (Fsp3) is 0.500. The number of nitrogens with one attached hydrogen (secondary N) is 1. The second-order valence-electron chi connectivity index (χ2n) is 4.08. The minimum absolute atomic E-state index is 0.0671. The SMILES string of the molecule is COc1ccc(C2(C)CCN2)c(OC)c1. The zero-order valence-electron chi connectivity index (χ0n) is 9.46. The summed E-state index contributed by atoms with van der Waals surface area (Å²) in [5, 5.41) is 3.43. The molecule has 1 saturated heterocycles. The third kappa shape index (κ3) is 1.67. The standard InChI is InChI=1S/C12H17NO2/c1-12(6-7-13-12)10-5-4-9(14-2)8-11(10)15-3/h4-5,8,13H,6-7H2,1-3H3. The topological polar surface area (TPSA) is 30.5 Å². The lowest BCUT2D eigenvalue weighted by Crippen LogP contribution is -2.51. The van der Waals surface area contributed by atoms with Crippen LogP contribution in [0.25, 0.3) is 0 Å². The maximum atomic E-state index is 5.39. The first-order chi connectivity index (χ1) is 7.19.